The van der Waals surface area contributed by atoms with Crippen LogP contribution in [0.25, 0.3) is 0 Å². The van der Waals surface area contributed by atoms with E-state index >= 15 is 0 Å². The van der Waals surface area contributed by atoms with Gasteiger partial charge in [0.2, 0.25) is 0 Å². The number of carboxylic acids is 1. The molecule has 0 heterocycles. The van der Waals surface area contributed by atoms with E-state index in [1.54, 1.807) is 49.4 Å². The second kappa shape index (κ2) is 10.4. The second-order valence-corrected chi connectivity index (χ2v) is 8.02. The standard InChI is InChI=1S/C21H23Cl2N3O5/c1-4-17(18(27)28)26-19(29)21(2,3)31-16-7-5-14(6-8-16)24-20(30)25-15-10-12(22)9-13(23)11-15/h5-11,17H,4H2,1-3H3,(H,26,29)(H,27,28)(H2,24,25,30). The van der Waals surface area contributed by atoms with Gasteiger partial charge in [0.15, 0.2) is 5.60 Å². The summed E-state index contributed by atoms with van der Waals surface area (Å²) in [6.07, 6.45) is 0.251. The van der Waals surface area contributed by atoms with Crippen LogP contribution in [0.5, 0.6) is 5.75 Å². The average Bonchev–Trinajstić information content (AvgIpc) is 2.66. The fourth-order valence-electron chi connectivity index (χ4n) is 2.54. The first-order chi connectivity index (χ1) is 14.5. The lowest BCUT2D eigenvalue weighted by Crippen LogP contribution is -2.52. The van der Waals surface area contributed by atoms with Crippen LogP contribution in [0.2, 0.25) is 10.0 Å². The Kier molecular flexibility index (Phi) is 8.13. The van der Waals surface area contributed by atoms with Crippen molar-refractivity contribution in [3.05, 3.63) is 52.5 Å². The van der Waals surface area contributed by atoms with Gasteiger partial charge in [0.25, 0.3) is 5.91 Å². The van der Waals surface area contributed by atoms with Gasteiger partial charge in [-0.05, 0) is 62.7 Å². The Morgan fingerprint density at radius 3 is 2.06 bits per heavy atom. The van der Waals surface area contributed by atoms with E-state index in [1.807, 2.05) is 0 Å². The van der Waals surface area contributed by atoms with E-state index in [0.717, 1.165) is 0 Å². The molecule has 0 saturated heterocycles. The number of rotatable bonds is 8. The number of halogens is 2. The minimum absolute atomic E-state index is 0.251. The lowest BCUT2D eigenvalue weighted by atomic mass is 10.1. The minimum atomic E-state index is -1.30. The zero-order chi connectivity index (χ0) is 23.2. The smallest absolute Gasteiger partial charge is 0.326 e. The first-order valence-electron chi connectivity index (χ1n) is 9.37. The van der Waals surface area contributed by atoms with Gasteiger partial charge in [-0.2, -0.15) is 0 Å². The Morgan fingerprint density at radius 1 is 1.00 bits per heavy atom. The number of carboxylic acid groups (broad SMARTS) is 1. The third-order valence-electron chi connectivity index (χ3n) is 4.16. The summed E-state index contributed by atoms with van der Waals surface area (Å²) in [5.74, 6) is -1.29. The fourth-order valence-corrected chi connectivity index (χ4v) is 3.06. The minimum Gasteiger partial charge on any atom is -0.480 e. The third kappa shape index (κ3) is 7.34. The molecule has 0 radical (unpaired) electrons. The Labute approximate surface area is 189 Å². The quantitative estimate of drug-likeness (QED) is 0.445. The van der Waals surface area contributed by atoms with E-state index in [2.05, 4.69) is 16.0 Å². The molecule has 0 spiro atoms. The number of carbonyl (C=O) groups excluding carboxylic acids is 2. The number of amides is 3. The van der Waals surface area contributed by atoms with E-state index in [-0.39, 0.29) is 6.42 Å². The van der Waals surface area contributed by atoms with Crippen LogP contribution in [0.4, 0.5) is 16.2 Å². The van der Waals surface area contributed by atoms with Gasteiger partial charge >= 0.3 is 12.0 Å². The molecule has 0 aliphatic heterocycles. The maximum absolute atomic E-state index is 12.4. The topological polar surface area (TPSA) is 117 Å². The SMILES string of the molecule is CCC(NC(=O)C(C)(C)Oc1ccc(NC(=O)Nc2cc(Cl)cc(Cl)c2)cc1)C(=O)O. The summed E-state index contributed by atoms with van der Waals surface area (Å²) in [4.78, 5) is 35.7. The van der Waals surface area contributed by atoms with E-state index in [9.17, 15) is 14.4 Å². The molecule has 2 rings (SSSR count). The van der Waals surface area contributed by atoms with Crippen molar-refractivity contribution in [3.63, 3.8) is 0 Å². The van der Waals surface area contributed by atoms with Crippen molar-refractivity contribution in [1.29, 1.82) is 0 Å². The number of carbonyl (C=O) groups is 3. The second-order valence-electron chi connectivity index (χ2n) is 7.15. The number of hydrogen-bond donors (Lipinski definition) is 4. The molecule has 3 amide bonds. The highest BCUT2D eigenvalue weighted by atomic mass is 35.5. The van der Waals surface area contributed by atoms with Crippen LogP contribution in [0.3, 0.4) is 0 Å². The molecule has 8 nitrogen and oxygen atoms in total. The molecule has 4 N–H and O–H groups in total. The largest absolute Gasteiger partial charge is 0.480 e. The summed E-state index contributed by atoms with van der Waals surface area (Å²) >= 11 is 11.8. The number of ether oxygens (including phenoxy) is 1. The molecule has 10 heteroatoms. The molecule has 1 atom stereocenters. The van der Waals surface area contributed by atoms with Crippen LogP contribution in [0.1, 0.15) is 27.2 Å². The molecular formula is C21H23Cl2N3O5. The van der Waals surface area contributed by atoms with Crippen LogP contribution in [0.15, 0.2) is 42.5 Å². The predicted octanol–water partition coefficient (Wildman–Crippen LogP) is 4.77. The van der Waals surface area contributed by atoms with E-state index in [0.29, 0.717) is 27.2 Å². The average molecular weight is 468 g/mol. The molecule has 0 saturated carbocycles. The summed E-state index contributed by atoms with van der Waals surface area (Å²) in [5.41, 5.74) is -0.382. The third-order valence-corrected chi connectivity index (χ3v) is 4.60. The molecule has 0 fully saturated rings. The van der Waals surface area contributed by atoms with E-state index < -0.39 is 29.6 Å². The first-order valence-corrected chi connectivity index (χ1v) is 10.1. The molecule has 2 aromatic carbocycles. The fraction of sp³-hybridized carbons (Fsp3) is 0.286. The first kappa shape index (κ1) is 24.3. The van der Waals surface area contributed by atoms with Crippen LogP contribution in [-0.2, 0) is 9.59 Å². The van der Waals surface area contributed by atoms with Crippen molar-refractivity contribution in [2.24, 2.45) is 0 Å². The lowest BCUT2D eigenvalue weighted by Gasteiger charge is -2.27. The zero-order valence-corrected chi connectivity index (χ0v) is 18.7. The van der Waals surface area contributed by atoms with Gasteiger partial charge in [-0.15, -0.1) is 0 Å². The van der Waals surface area contributed by atoms with Crippen molar-refractivity contribution in [3.8, 4) is 5.75 Å². The lowest BCUT2D eigenvalue weighted by molar-refractivity contribution is -0.145. The Balaban J connectivity index is 1.96. The molecule has 166 valence electrons. The number of aliphatic carboxylic acids is 1. The van der Waals surface area contributed by atoms with Gasteiger partial charge in [0, 0.05) is 21.4 Å². The van der Waals surface area contributed by atoms with Gasteiger partial charge in [-0.1, -0.05) is 30.1 Å². The van der Waals surface area contributed by atoms with E-state index in [4.69, 9.17) is 33.0 Å². The van der Waals surface area contributed by atoms with Crippen molar-refractivity contribution in [1.82, 2.24) is 5.32 Å². The normalized spacial score (nSPS) is 11.9. The van der Waals surface area contributed by atoms with Gasteiger partial charge < -0.3 is 25.8 Å². The van der Waals surface area contributed by atoms with Crippen molar-refractivity contribution in [2.75, 3.05) is 10.6 Å². The highest BCUT2D eigenvalue weighted by Gasteiger charge is 2.32. The maximum Gasteiger partial charge on any atom is 0.326 e. The Hall–Kier alpha value is -2.97. The van der Waals surface area contributed by atoms with Gasteiger partial charge in [0.1, 0.15) is 11.8 Å². The van der Waals surface area contributed by atoms with Crippen molar-refractivity contribution in [2.45, 2.75) is 38.8 Å². The molecule has 1 unspecified atom stereocenters. The highest BCUT2D eigenvalue weighted by Crippen LogP contribution is 2.24. The highest BCUT2D eigenvalue weighted by molar-refractivity contribution is 6.35. The van der Waals surface area contributed by atoms with Crippen LogP contribution in [0, 0.1) is 0 Å². The number of nitrogens with one attached hydrogen (secondary N) is 3. The summed E-state index contributed by atoms with van der Waals surface area (Å²) in [7, 11) is 0. The van der Waals surface area contributed by atoms with Crippen molar-refractivity contribution < 1.29 is 24.2 Å². The molecule has 31 heavy (non-hydrogen) atoms. The van der Waals surface area contributed by atoms with Crippen LogP contribution in [-0.4, -0.2) is 34.7 Å². The van der Waals surface area contributed by atoms with Gasteiger partial charge in [-0.3, -0.25) is 4.79 Å². The molecular weight excluding hydrogens is 445 g/mol. The zero-order valence-electron chi connectivity index (χ0n) is 17.2. The number of benzene rings is 2. The number of hydrogen-bond acceptors (Lipinski definition) is 4. The monoisotopic (exact) mass is 467 g/mol. The molecule has 0 bridgehead atoms. The molecule has 0 aliphatic carbocycles. The molecule has 2 aromatic rings. The Bertz CT molecular complexity index is 944. The van der Waals surface area contributed by atoms with Crippen LogP contribution < -0.4 is 20.7 Å². The van der Waals surface area contributed by atoms with Crippen LogP contribution >= 0.6 is 23.2 Å². The van der Waals surface area contributed by atoms with E-state index in [1.165, 1.54) is 13.8 Å². The number of urea groups is 1. The van der Waals surface area contributed by atoms with Gasteiger partial charge in [0.05, 0.1) is 0 Å². The summed E-state index contributed by atoms with van der Waals surface area (Å²) in [6, 6.07) is 9.54. The maximum atomic E-state index is 12.4. The van der Waals surface area contributed by atoms with Crippen molar-refractivity contribution >= 4 is 52.5 Å². The van der Waals surface area contributed by atoms with Gasteiger partial charge in [-0.25, -0.2) is 9.59 Å². The predicted molar refractivity (Wildman–Crippen MR) is 120 cm³/mol. The summed E-state index contributed by atoms with van der Waals surface area (Å²) in [5, 5.41) is 17.6. The summed E-state index contributed by atoms with van der Waals surface area (Å²) in [6.45, 7) is 4.73. The Morgan fingerprint density at radius 2 is 1.55 bits per heavy atom. The molecule has 0 aliphatic rings. The summed E-state index contributed by atoms with van der Waals surface area (Å²) < 4.78 is 5.71. The molecule has 0 aromatic heterocycles. The number of anilines is 2.